The molecule has 2 N–H and O–H groups in total. The fraction of sp³-hybridized carbons (Fsp3) is 0.375. The number of fused-ring (bicyclic) bond motifs is 1. The predicted octanol–water partition coefficient (Wildman–Crippen LogP) is 3.33. The van der Waals surface area contributed by atoms with E-state index in [-0.39, 0.29) is 11.2 Å². The Labute approximate surface area is 119 Å². The maximum Gasteiger partial charge on any atom is 0.163 e. The number of nitrogens with zero attached hydrogens (tertiary/aromatic N) is 1. The normalized spacial score (nSPS) is 11.7. The number of rotatable bonds is 2. The molecule has 20 heavy (non-hydrogen) atoms. The lowest BCUT2D eigenvalue weighted by Crippen LogP contribution is -2.14. The van der Waals surface area contributed by atoms with E-state index >= 15 is 0 Å². The average Bonchev–Trinajstić information content (AvgIpc) is 2.37. The van der Waals surface area contributed by atoms with Crippen LogP contribution in [0.25, 0.3) is 10.9 Å². The molecule has 0 fully saturated rings. The van der Waals surface area contributed by atoms with E-state index in [1.165, 1.54) is 6.92 Å². The molecule has 0 radical (unpaired) electrons. The molecule has 0 saturated heterocycles. The molecule has 2 rings (SSSR count). The van der Waals surface area contributed by atoms with Crippen molar-refractivity contribution in [3.05, 3.63) is 29.5 Å². The van der Waals surface area contributed by atoms with E-state index < -0.39 is 0 Å². The largest absolute Gasteiger partial charge is 0.495 e. The monoisotopic (exact) mass is 272 g/mol. The van der Waals surface area contributed by atoms with E-state index in [4.69, 9.17) is 10.5 Å². The highest BCUT2D eigenvalue weighted by Gasteiger charge is 2.20. The molecule has 0 amide bonds. The van der Waals surface area contributed by atoms with Gasteiger partial charge in [-0.15, -0.1) is 0 Å². The van der Waals surface area contributed by atoms with E-state index in [1.54, 1.807) is 13.2 Å². The molecule has 0 unspecified atom stereocenters. The molecule has 4 heteroatoms. The molecule has 0 spiro atoms. The zero-order chi connectivity index (χ0) is 15.1. The van der Waals surface area contributed by atoms with Crippen molar-refractivity contribution in [2.45, 2.75) is 33.1 Å². The van der Waals surface area contributed by atoms with Gasteiger partial charge >= 0.3 is 0 Å². The van der Waals surface area contributed by atoms with Gasteiger partial charge in [-0.2, -0.15) is 0 Å². The Morgan fingerprint density at radius 2 is 1.95 bits per heavy atom. The number of nitrogen functional groups attached to an aromatic ring is 1. The summed E-state index contributed by atoms with van der Waals surface area (Å²) in [5.41, 5.74) is 8.62. The van der Waals surface area contributed by atoms with Gasteiger partial charge in [0.05, 0.1) is 23.9 Å². The van der Waals surface area contributed by atoms with Crippen LogP contribution in [0.5, 0.6) is 5.75 Å². The molecule has 0 aliphatic rings. The third kappa shape index (κ3) is 2.33. The number of carbonyl (C=O) groups is 1. The molecule has 0 aliphatic heterocycles. The molecule has 1 aromatic heterocycles. The van der Waals surface area contributed by atoms with Crippen molar-refractivity contribution >= 4 is 22.4 Å². The van der Waals surface area contributed by atoms with Crippen LogP contribution in [-0.4, -0.2) is 17.9 Å². The summed E-state index contributed by atoms with van der Waals surface area (Å²) < 4.78 is 5.38. The molecule has 1 aromatic carbocycles. The third-order valence-electron chi connectivity index (χ3n) is 3.31. The number of carbonyl (C=O) groups excluding carboxylic acids is 1. The number of ketones is 1. The van der Waals surface area contributed by atoms with E-state index in [0.29, 0.717) is 22.5 Å². The van der Waals surface area contributed by atoms with Crippen molar-refractivity contribution in [2.75, 3.05) is 12.8 Å². The third-order valence-corrected chi connectivity index (χ3v) is 3.31. The van der Waals surface area contributed by atoms with Gasteiger partial charge < -0.3 is 10.5 Å². The summed E-state index contributed by atoms with van der Waals surface area (Å²) in [5.74, 6) is 0.463. The number of hydrogen-bond donors (Lipinski definition) is 1. The Bertz CT molecular complexity index is 685. The van der Waals surface area contributed by atoms with Crippen molar-refractivity contribution in [3.63, 3.8) is 0 Å². The first kappa shape index (κ1) is 14.3. The number of ether oxygens (including phenoxy) is 1. The average molecular weight is 272 g/mol. The van der Waals surface area contributed by atoms with Crippen LogP contribution in [0.3, 0.4) is 0 Å². The van der Waals surface area contributed by atoms with Crippen LogP contribution in [0, 0.1) is 0 Å². The van der Waals surface area contributed by atoms with Gasteiger partial charge in [-0.05, 0) is 25.1 Å². The quantitative estimate of drug-likeness (QED) is 0.672. The van der Waals surface area contributed by atoms with Gasteiger partial charge in [0.25, 0.3) is 0 Å². The number of Topliss-reactive ketones (excluding diaryl/α,β-unsaturated/α-hetero) is 1. The first-order valence-electron chi connectivity index (χ1n) is 6.54. The fourth-order valence-corrected chi connectivity index (χ4v) is 2.20. The van der Waals surface area contributed by atoms with Crippen LogP contribution in [-0.2, 0) is 5.41 Å². The van der Waals surface area contributed by atoms with Crippen molar-refractivity contribution in [1.29, 1.82) is 0 Å². The fourth-order valence-electron chi connectivity index (χ4n) is 2.20. The molecule has 1 heterocycles. The SMILES string of the molecule is COc1c(C(C)=O)cc(N)c2nc(C(C)(C)C)ccc12. The number of aromatic nitrogens is 1. The van der Waals surface area contributed by atoms with Gasteiger partial charge in [0.2, 0.25) is 0 Å². The van der Waals surface area contributed by atoms with Crippen LogP contribution in [0.2, 0.25) is 0 Å². The molecule has 0 aliphatic carbocycles. The number of nitrogens with two attached hydrogens (primary N) is 1. The highest BCUT2D eigenvalue weighted by atomic mass is 16.5. The van der Waals surface area contributed by atoms with Gasteiger partial charge in [0.1, 0.15) is 5.75 Å². The summed E-state index contributed by atoms with van der Waals surface area (Å²) in [7, 11) is 1.55. The number of benzene rings is 1. The molecule has 0 bridgehead atoms. The van der Waals surface area contributed by atoms with Crippen LogP contribution in [0.1, 0.15) is 43.7 Å². The molecule has 2 aromatic rings. The van der Waals surface area contributed by atoms with Gasteiger partial charge in [0, 0.05) is 16.5 Å². The summed E-state index contributed by atoms with van der Waals surface area (Å²) >= 11 is 0. The first-order chi connectivity index (χ1) is 9.25. The second kappa shape index (κ2) is 4.78. The number of anilines is 1. The van der Waals surface area contributed by atoms with Gasteiger partial charge in [0.15, 0.2) is 5.78 Å². The molecular weight excluding hydrogens is 252 g/mol. The predicted molar refractivity (Wildman–Crippen MR) is 81.4 cm³/mol. The zero-order valence-corrected chi connectivity index (χ0v) is 12.6. The Balaban J connectivity index is 2.83. The first-order valence-corrected chi connectivity index (χ1v) is 6.54. The minimum atomic E-state index is -0.0738. The smallest absolute Gasteiger partial charge is 0.163 e. The Morgan fingerprint density at radius 1 is 1.30 bits per heavy atom. The van der Waals surface area contributed by atoms with Crippen LogP contribution in [0.4, 0.5) is 5.69 Å². The molecule has 106 valence electrons. The molecule has 4 nitrogen and oxygen atoms in total. The van der Waals surface area contributed by atoms with E-state index in [1.807, 2.05) is 12.1 Å². The van der Waals surface area contributed by atoms with E-state index in [0.717, 1.165) is 11.1 Å². The van der Waals surface area contributed by atoms with Gasteiger partial charge in [-0.3, -0.25) is 4.79 Å². The Morgan fingerprint density at radius 3 is 2.45 bits per heavy atom. The summed E-state index contributed by atoms with van der Waals surface area (Å²) in [5, 5.41) is 0.769. The standard InChI is InChI=1S/C16H20N2O2/c1-9(19)11-8-12(17)14-10(15(11)20-5)6-7-13(18-14)16(2,3)4/h6-8H,17H2,1-5H3. The summed E-state index contributed by atoms with van der Waals surface area (Å²) in [6.45, 7) is 7.79. The van der Waals surface area contributed by atoms with Crippen molar-refractivity contribution in [2.24, 2.45) is 0 Å². The molecule has 0 saturated carbocycles. The topological polar surface area (TPSA) is 65.2 Å². The summed E-state index contributed by atoms with van der Waals surface area (Å²) in [6, 6.07) is 5.52. The molecular formula is C16H20N2O2. The zero-order valence-electron chi connectivity index (χ0n) is 12.6. The molecule has 0 atom stereocenters. The Kier molecular flexibility index (Phi) is 3.42. The summed E-state index contributed by atoms with van der Waals surface area (Å²) in [6.07, 6.45) is 0. The lowest BCUT2D eigenvalue weighted by atomic mass is 9.91. The second-order valence-corrected chi connectivity index (χ2v) is 5.95. The van der Waals surface area contributed by atoms with Gasteiger partial charge in [-0.1, -0.05) is 20.8 Å². The minimum absolute atomic E-state index is 0.0624. The van der Waals surface area contributed by atoms with Gasteiger partial charge in [-0.25, -0.2) is 4.98 Å². The van der Waals surface area contributed by atoms with Crippen LogP contribution in [0.15, 0.2) is 18.2 Å². The maximum atomic E-state index is 11.7. The van der Waals surface area contributed by atoms with Crippen molar-refractivity contribution in [3.8, 4) is 5.75 Å². The van der Waals surface area contributed by atoms with Crippen molar-refractivity contribution < 1.29 is 9.53 Å². The van der Waals surface area contributed by atoms with E-state index in [2.05, 4.69) is 25.8 Å². The lowest BCUT2D eigenvalue weighted by Gasteiger charge is -2.19. The van der Waals surface area contributed by atoms with E-state index in [9.17, 15) is 4.79 Å². The minimum Gasteiger partial charge on any atom is -0.495 e. The summed E-state index contributed by atoms with van der Waals surface area (Å²) in [4.78, 5) is 16.3. The Hall–Kier alpha value is -2.10. The number of hydrogen-bond acceptors (Lipinski definition) is 4. The van der Waals surface area contributed by atoms with Crippen molar-refractivity contribution in [1.82, 2.24) is 4.98 Å². The number of pyridine rings is 1. The van der Waals surface area contributed by atoms with Crippen LogP contribution >= 0.6 is 0 Å². The number of methoxy groups -OCH3 is 1. The van der Waals surface area contributed by atoms with Crippen LogP contribution < -0.4 is 10.5 Å². The highest BCUT2D eigenvalue weighted by molar-refractivity contribution is 6.06. The second-order valence-electron chi connectivity index (χ2n) is 5.95. The lowest BCUT2D eigenvalue weighted by molar-refractivity contribution is 0.101. The maximum absolute atomic E-state index is 11.7. The highest BCUT2D eigenvalue weighted by Crippen LogP contribution is 2.35.